The predicted octanol–water partition coefficient (Wildman–Crippen LogP) is 9.30. The van der Waals surface area contributed by atoms with Crippen molar-refractivity contribution in [2.24, 2.45) is 39.4 Å². The number of rotatable bonds is 6. The van der Waals surface area contributed by atoms with Crippen LogP contribution in [0.15, 0.2) is 11.6 Å². The second-order valence-corrected chi connectivity index (χ2v) is 14.2. The van der Waals surface area contributed by atoms with E-state index in [0.29, 0.717) is 16.2 Å². The number of hydrogen-bond donors (Lipinski definition) is 0. The van der Waals surface area contributed by atoms with Gasteiger partial charge in [0.1, 0.15) is 0 Å². The van der Waals surface area contributed by atoms with E-state index in [1.165, 1.54) is 83.5 Å². The van der Waals surface area contributed by atoms with Crippen LogP contribution in [0.25, 0.3) is 0 Å². The molecule has 4 aliphatic carbocycles. The van der Waals surface area contributed by atoms with Gasteiger partial charge < -0.3 is 0 Å². The zero-order valence-electron chi connectivity index (χ0n) is 22.1. The van der Waals surface area contributed by atoms with E-state index in [1.807, 2.05) is 0 Å². The molecule has 2 radical (unpaired) electrons. The lowest BCUT2D eigenvalue weighted by molar-refractivity contribution is -0.0236. The highest BCUT2D eigenvalue weighted by atomic mass is 14.7. The fourth-order valence-corrected chi connectivity index (χ4v) is 9.67. The third kappa shape index (κ3) is 3.71. The molecule has 4 aliphatic rings. The van der Waals surface area contributed by atoms with Crippen LogP contribution in [0.4, 0.5) is 0 Å². The lowest BCUT2D eigenvalue weighted by atomic mass is 9.34. The Morgan fingerprint density at radius 3 is 2.48 bits per heavy atom. The van der Waals surface area contributed by atoms with Crippen molar-refractivity contribution in [2.75, 3.05) is 0 Å². The Morgan fingerprint density at radius 2 is 1.77 bits per heavy atom. The lowest BCUT2D eigenvalue weighted by Crippen LogP contribution is -2.55. The van der Waals surface area contributed by atoms with Crippen LogP contribution in [0.1, 0.15) is 132 Å². The highest BCUT2D eigenvalue weighted by molar-refractivity contribution is 6.16. The van der Waals surface area contributed by atoms with Gasteiger partial charge in [-0.15, -0.1) is 0 Å². The van der Waals surface area contributed by atoms with Crippen molar-refractivity contribution in [1.82, 2.24) is 0 Å². The van der Waals surface area contributed by atoms with Crippen molar-refractivity contribution in [2.45, 2.75) is 137 Å². The minimum Gasteiger partial charge on any atom is -0.0837 e. The Morgan fingerprint density at radius 1 is 1.03 bits per heavy atom. The quantitative estimate of drug-likeness (QED) is 0.295. The first-order valence-corrected chi connectivity index (χ1v) is 13.9. The Labute approximate surface area is 196 Å². The molecule has 1 heteroatoms. The van der Waals surface area contributed by atoms with Gasteiger partial charge in [-0.1, -0.05) is 91.1 Å². The fourth-order valence-electron chi connectivity index (χ4n) is 9.67. The van der Waals surface area contributed by atoms with E-state index in [9.17, 15) is 0 Å². The molecule has 0 heterocycles. The monoisotopic (exact) mass is 422 g/mol. The van der Waals surface area contributed by atoms with Crippen molar-refractivity contribution in [3.8, 4) is 0 Å². The summed E-state index contributed by atoms with van der Waals surface area (Å²) in [6.07, 6.45) is 20.4. The molecule has 0 nitrogen and oxygen atoms in total. The first kappa shape index (κ1) is 23.9. The smallest absolute Gasteiger partial charge is 0.0758 e. The van der Waals surface area contributed by atoms with Gasteiger partial charge in [0.15, 0.2) is 0 Å². The SMILES string of the molecule is [B]C12CCC3(C)C(=CCC4(C)C(CCCC(C)(C)CCC)CCC34)C1(C)CCC(C)C2. The van der Waals surface area contributed by atoms with Crippen LogP contribution in [0, 0.1) is 39.4 Å². The van der Waals surface area contributed by atoms with Gasteiger partial charge in [-0.05, 0) is 97.2 Å². The normalized spacial score (nSPS) is 47.3. The zero-order valence-corrected chi connectivity index (χ0v) is 22.1. The molecule has 3 saturated carbocycles. The second-order valence-electron chi connectivity index (χ2n) is 14.2. The van der Waals surface area contributed by atoms with Gasteiger partial charge in [0.05, 0.1) is 7.85 Å². The summed E-state index contributed by atoms with van der Waals surface area (Å²) in [6, 6.07) is 0. The topological polar surface area (TPSA) is 0 Å². The van der Waals surface area contributed by atoms with Crippen molar-refractivity contribution < 1.29 is 0 Å². The molecule has 0 aromatic carbocycles. The van der Waals surface area contributed by atoms with E-state index in [-0.39, 0.29) is 10.7 Å². The first-order valence-electron chi connectivity index (χ1n) is 13.9. The van der Waals surface area contributed by atoms with Crippen molar-refractivity contribution in [3.05, 3.63) is 11.6 Å². The maximum atomic E-state index is 7.24. The molecule has 0 bridgehead atoms. The van der Waals surface area contributed by atoms with Crippen LogP contribution in [0.2, 0.25) is 5.31 Å². The molecule has 0 spiro atoms. The summed E-state index contributed by atoms with van der Waals surface area (Å²) in [7, 11) is 7.24. The highest BCUT2D eigenvalue weighted by Crippen LogP contribution is 2.75. The molecule has 0 aromatic rings. The van der Waals surface area contributed by atoms with Crippen LogP contribution < -0.4 is 0 Å². The Kier molecular flexibility index (Phi) is 6.13. The zero-order chi connectivity index (χ0) is 22.7. The van der Waals surface area contributed by atoms with Gasteiger partial charge in [-0.25, -0.2) is 0 Å². The van der Waals surface area contributed by atoms with Gasteiger partial charge in [0, 0.05) is 0 Å². The Hall–Kier alpha value is -0.195. The van der Waals surface area contributed by atoms with Crippen LogP contribution in [0.5, 0.6) is 0 Å². The van der Waals surface area contributed by atoms with Crippen LogP contribution in [-0.4, -0.2) is 7.85 Å². The average molecular weight is 423 g/mol. The standard InChI is InChI=1S/C30H51B/c1-8-15-26(3,4)16-9-10-23-11-12-24-27(23,5)17-14-25-28(24,6)19-20-30(31)21-22(2)13-18-29(25,30)7/h14,22-24H,8-13,15-21H2,1-7H3. The number of hydrogen-bond acceptors (Lipinski definition) is 0. The van der Waals surface area contributed by atoms with Crippen LogP contribution >= 0.6 is 0 Å². The summed E-state index contributed by atoms with van der Waals surface area (Å²) < 4.78 is 0. The summed E-state index contributed by atoms with van der Waals surface area (Å²) in [4.78, 5) is 0. The van der Waals surface area contributed by atoms with E-state index in [0.717, 1.165) is 17.8 Å². The van der Waals surface area contributed by atoms with Crippen LogP contribution in [-0.2, 0) is 0 Å². The molecule has 0 saturated heterocycles. The summed E-state index contributed by atoms with van der Waals surface area (Å²) >= 11 is 0. The van der Waals surface area contributed by atoms with Gasteiger partial charge in [-0.2, -0.15) is 0 Å². The molecule has 4 rings (SSSR count). The fraction of sp³-hybridized carbons (Fsp3) is 0.933. The highest BCUT2D eigenvalue weighted by Gasteiger charge is 2.64. The summed E-state index contributed by atoms with van der Waals surface area (Å²) in [5.74, 6) is 2.59. The molecule has 0 aliphatic heterocycles. The summed E-state index contributed by atoms with van der Waals surface area (Å²) in [6.45, 7) is 17.6. The van der Waals surface area contributed by atoms with Gasteiger partial charge in [-0.3, -0.25) is 0 Å². The molecule has 174 valence electrons. The Balaban J connectivity index is 1.54. The van der Waals surface area contributed by atoms with Gasteiger partial charge in [0.2, 0.25) is 0 Å². The number of fused-ring (bicyclic) bond motifs is 5. The molecule has 31 heavy (non-hydrogen) atoms. The maximum absolute atomic E-state index is 7.24. The minimum atomic E-state index is 0.0343. The molecule has 3 fully saturated rings. The van der Waals surface area contributed by atoms with E-state index >= 15 is 0 Å². The van der Waals surface area contributed by atoms with Gasteiger partial charge in [0.25, 0.3) is 0 Å². The van der Waals surface area contributed by atoms with E-state index < -0.39 is 0 Å². The predicted molar refractivity (Wildman–Crippen MR) is 136 cm³/mol. The minimum absolute atomic E-state index is 0.0343. The van der Waals surface area contributed by atoms with E-state index in [1.54, 1.807) is 5.57 Å². The molecular formula is C30H51B. The molecule has 0 aromatic heterocycles. The lowest BCUT2D eigenvalue weighted by Gasteiger charge is -2.66. The second kappa shape index (κ2) is 7.94. The van der Waals surface area contributed by atoms with Gasteiger partial charge >= 0.3 is 0 Å². The van der Waals surface area contributed by atoms with Crippen molar-refractivity contribution in [3.63, 3.8) is 0 Å². The van der Waals surface area contributed by atoms with E-state index in [2.05, 4.69) is 54.5 Å². The third-order valence-electron chi connectivity index (χ3n) is 11.6. The van der Waals surface area contributed by atoms with E-state index in [4.69, 9.17) is 7.85 Å². The first-order chi connectivity index (χ1) is 14.4. The summed E-state index contributed by atoms with van der Waals surface area (Å²) in [5.41, 5.74) is 3.46. The molecule has 7 unspecified atom stereocenters. The van der Waals surface area contributed by atoms with Crippen molar-refractivity contribution >= 4 is 7.85 Å². The molecule has 0 N–H and O–H groups in total. The maximum Gasteiger partial charge on any atom is 0.0758 e. The average Bonchev–Trinajstić information content (AvgIpc) is 3.01. The third-order valence-corrected chi connectivity index (χ3v) is 11.6. The molecular weight excluding hydrogens is 371 g/mol. The van der Waals surface area contributed by atoms with Crippen LogP contribution in [0.3, 0.4) is 0 Å². The largest absolute Gasteiger partial charge is 0.0837 e. The number of allylic oxidation sites excluding steroid dienone is 2. The molecule has 7 atom stereocenters. The van der Waals surface area contributed by atoms with Crippen molar-refractivity contribution in [1.29, 1.82) is 0 Å². The molecule has 0 amide bonds. The summed E-state index contributed by atoms with van der Waals surface area (Å²) in [5, 5.41) is 0.0343. The Bertz CT molecular complexity index is 705.